The zero-order chi connectivity index (χ0) is 9.26. The first kappa shape index (κ1) is 8.75. The van der Waals surface area contributed by atoms with Crippen LogP contribution in [-0.4, -0.2) is 22.1 Å². The van der Waals surface area contributed by atoms with E-state index in [0.29, 0.717) is 12.0 Å². The summed E-state index contributed by atoms with van der Waals surface area (Å²) in [5.74, 6) is 0.664. The molecule has 2 atom stereocenters. The van der Waals surface area contributed by atoms with Gasteiger partial charge in [0.2, 0.25) is 0 Å². The van der Waals surface area contributed by atoms with E-state index >= 15 is 0 Å². The largest absolute Gasteiger partial charge is 0.337 e. The lowest BCUT2D eigenvalue weighted by Gasteiger charge is -2.17. The minimum absolute atomic E-state index is 0.649. The van der Waals surface area contributed by atoms with Crippen LogP contribution in [0.4, 0.5) is 0 Å². The van der Waals surface area contributed by atoms with Gasteiger partial charge in [0.15, 0.2) is 0 Å². The van der Waals surface area contributed by atoms with E-state index in [0.717, 1.165) is 6.54 Å². The second kappa shape index (κ2) is 3.50. The van der Waals surface area contributed by atoms with Gasteiger partial charge >= 0.3 is 0 Å². The van der Waals surface area contributed by atoms with Crippen molar-refractivity contribution in [2.75, 3.05) is 6.54 Å². The first-order valence-electron chi connectivity index (χ1n) is 5.02. The van der Waals surface area contributed by atoms with Crippen molar-refractivity contribution in [2.24, 2.45) is 7.05 Å². The Morgan fingerprint density at radius 3 is 3.15 bits per heavy atom. The lowest BCUT2D eigenvalue weighted by atomic mass is 9.95. The highest BCUT2D eigenvalue weighted by atomic mass is 15.0. The molecule has 0 aromatic carbocycles. The van der Waals surface area contributed by atoms with E-state index in [1.54, 1.807) is 0 Å². The highest BCUT2D eigenvalue weighted by Crippen LogP contribution is 2.28. The van der Waals surface area contributed by atoms with Gasteiger partial charge in [-0.3, -0.25) is 0 Å². The van der Waals surface area contributed by atoms with Crippen molar-refractivity contribution in [1.82, 2.24) is 14.9 Å². The topological polar surface area (TPSA) is 29.9 Å². The summed E-state index contributed by atoms with van der Waals surface area (Å²) in [4.78, 5) is 4.17. The minimum Gasteiger partial charge on any atom is -0.337 e. The standard InChI is InChI=1S/C10H17N3/c1-3-9-8(4-5-12-9)10-6-11-7-13(10)2/h6-9,12H,3-5H2,1-2H3. The summed E-state index contributed by atoms with van der Waals surface area (Å²) in [5, 5.41) is 3.53. The Balaban J connectivity index is 2.20. The van der Waals surface area contributed by atoms with Gasteiger partial charge in [-0.2, -0.15) is 0 Å². The van der Waals surface area contributed by atoms with E-state index in [9.17, 15) is 0 Å². The van der Waals surface area contributed by atoms with Crippen LogP contribution in [0.3, 0.4) is 0 Å². The molecule has 3 nitrogen and oxygen atoms in total. The molecule has 2 heterocycles. The van der Waals surface area contributed by atoms with Crippen LogP contribution in [0.5, 0.6) is 0 Å². The first-order valence-corrected chi connectivity index (χ1v) is 5.02. The molecule has 1 N–H and O–H groups in total. The fourth-order valence-corrected chi connectivity index (χ4v) is 2.28. The molecule has 1 aliphatic rings. The number of nitrogens with zero attached hydrogens (tertiary/aromatic N) is 2. The predicted molar refractivity (Wildman–Crippen MR) is 52.6 cm³/mol. The Morgan fingerprint density at radius 1 is 1.69 bits per heavy atom. The molecule has 3 heteroatoms. The maximum atomic E-state index is 4.17. The highest BCUT2D eigenvalue weighted by molar-refractivity contribution is 5.11. The summed E-state index contributed by atoms with van der Waals surface area (Å²) in [6.45, 7) is 3.39. The number of hydrogen-bond donors (Lipinski definition) is 1. The molecule has 13 heavy (non-hydrogen) atoms. The second-order valence-corrected chi connectivity index (χ2v) is 3.79. The molecular formula is C10H17N3. The van der Waals surface area contributed by atoms with Crippen LogP contribution in [0, 0.1) is 0 Å². The molecule has 0 spiro atoms. The van der Waals surface area contributed by atoms with Crippen LogP contribution in [0.15, 0.2) is 12.5 Å². The molecule has 1 fully saturated rings. The van der Waals surface area contributed by atoms with Gasteiger partial charge < -0.3 is 9.88 Å². The highest BCUT2D eigenvalue weighted by Gasteiger charge is 2.28. The zero-order valence-electron chi connectivity index (χ0n) is 8.33. The number of aromatic nitrogens is 2. The normalized spacial score (nSPS) is 28.2. The van der Waals surface area contributed by atoms with Crippen LogP contribution in [0.2, 0.25) is 0 Å². The van der Waals surface area contributed by atoms with Crippen LogP contribution < -0.4 is 5.32 Å². The molecule has 0 radical (unpaired) electrons. The van der Waals surface area contributed by atoms with E-state index in [1.807, 2.05) is 12.5 Å². The molecule has 0 aliphatic carbocycles. The number of rotatable bonds is 2. The molecular weight excluding hydrogens is 162 g/mol. The molecule has 0 saturated carbocycles. The second-order valence-electron chi connectivity index (χ2n) is 3.79. The van der Waals surface area contributed by atoms with Crippen LogP contribution in [0.1, 0.15) is 31.4 Å². The van der Waals surface area contributed by atoms with Crippen molar-refractivity contribution in [3.63, 3.8) is 0 Å². The van der Waals surface area contributed by atoms with E-state index in [4.69, 9.17) is 0 Å². The number of aryl methyl sites for hydroxylation is 1. The molecule has 1 aromatic rings. The molecule has 1 aromatic heterocycles. The predicted octanol–water partition coefficient (Wildman–Crippen LogP) is 1.28. The number of hydrogen-bond acceptors (Lipinski definition) is 2. The third-order valence-electron chi connectivity index (χ3n) is 3.02. The fourth-order valence-electron chi connectivity index (χ4n) is 2.28. The molecule has 1 saturated heterocycles. The van der Waals surface area contributed by atoms with E-state index in [1.165, 1.54) is 18.5 Å². The lowest BCUT2D eigenvalue weighted by Crippen LogP contribution is -2.25. The third kappa shape index (κ3) is 1.48. The van der Waals surface area contributed by atoms with Crippen molar-refractivity contribution in [3.8, 4) is 0 Å². The van der Waals surface area contributed by atoms with Gasteiger partial charge in [-0.15, -0.1) is 0 Å². The summed E-state index contributed by atoms with van der Waals surface area (Å²) in [6.07, 6.45) is 6.34. The molecule has 0 amide bonds. The van der Waals surface area contributed by atoms with Gasteiger partial charge in [0, 0.05) is 30.9 Å². The summed E-state index contributed by atoms with van der Waals surface area (Å²) in [6, 6.07) is 0.649. The van der Waals surface area contributed by atoms with Crippen LogP contribution >= 0.6 is 0 Å². The van der Waals surface area contributed by atoms with E-state index in [2.05, 4.69) is 28.8 Å². The Kier molecular flexibility index (Phi) is 2.36. The number of nitrogens with one attached hydrogen (secondary N) is 1. The Morgan fingerprint density at radius 2 is 2.54 bits per heavy atom. The van der Waals surface area contributed by atoms with Crippen molar-refractivity contribution in [1.29, 1.82) is 0 Å². The van der Waals surface area contributed by atoms with Crippen molar-refractivity contribution < 1.29 is 0 Å². The quantitative estimate of drug-likeness (QED) is 0.741. The summed E-state index contributed by atoms with van der Waals surface area (Å²) < 4.78 is 2.14. The third-order valence-corrected chi connectivity index (χ3v) is 3.02. The van der Waals surface area contributed by atoms with Gasteiger partial charge in [-0.1, -0.05) is 6.92 Å². The zero-order valence-corrected chi connectivity index (χ0v) is 8.33. The SMILES string of the molecule is CCC1NCCC1c1cncn1C. The smallest absolute Gasteiger partial charge is 0.0945 e. The summed E-state index contributed by atoms with van der Waals surface area (Å²) in [5.41, 5.74) is 1.37. The number of imidazole rings is 1. The fraction of sp³-hybridized carbons (Fsp3) is 0.700. The summed E-state index contributed by atoms with van der Waals surface area (Å²) >= 11 is 0. The molecule has 2 unspecified atom stereocenters. The van der Waals surface area contributed by atoms with Gasteiger partial charge in [0.05, 0.1) is 6.33 Å². The van der Waals surface area contributed by atoms with Crippen LogP contribution in [0.25, 0.3) is 0 Å². The Hall–Kier alpha value is -0.830. The molecule has 1 aliphatic heterocycles. The molecule has 0 bridgehead atoms. The minimum atomic E-state index is 0.649. The average molecular weight is 179 g/mol. The van der Waals surface area contributed by atoms with Gasteiger partial charge in [0.25, 0.3) is 0 Å². The first-order chi connectivity index (χ1) is 6.33. The maximum absolute atomic E-state index is 4.17. The molecule has 72 valence electrons. The van der Waals surface area contributed by atoms with Gasteiger partial charge in [-0.25, -0.2) is 4.98 Å². The maximum Gasteiger partial charge on any atom is 0.0945 e. The lowest BCUT2D eigenvalue weighted by molar-refractivity contribution is 0.512. The Labute approximate surface area is 79.2 Å². The van der Waals surface area contributed by atoms with Crippen LogP contribution in [-0.2, 0) is 7.05 Å². The molecule has 2 rings (SSSR count). The van der Waals surface area contributed by atoms with Crippen molar-refractivity contribution in [3.05, 3.63) is 18.2 Å². The van der Waals surface area contributed by atoms with Crippen molar-refractivity contribution in [2.45, 2.75) is 31.7 Å². The van der Waals surface area contributed by atoms with Crippen molar-refractivity contribution >= 4 is 0 Å². The average Bonchev–Trinajstić information content (AvgIpc) is 2.71. The van der Waals surface area contributed by atoms with E-state index in [-0.39, 0.29) is 0 Å². The summed E-state index contributed by atoms with van der Waals surface area (Å²) in [7, 11) is 2.08. The van der Waals surface area contributed by atoms with E-state index < -0.39 is 0 Å². The van der Waals surface area contributed by atoms with Gasteiger partial charge in [-0.05, 0) is 19.4 Å². The Bertz CT molecular complexity index is 279. The van der Waals surface area contributed by atoms with Gasteiger partial charge in [0.1, 0.15) is 0 Å². The monoisotopic (exact) mass is 179 g/mol.